The molecule has 1 aromatic rings. The van der Waals surface area contributed by atoms with Crippen molar-refractivity contribution >= 4 is 11.9 Å². The molecular formula is C16H24N4O. The topological polar surface area (TPSA) is 58.1 Å². The van der Waals surface area contributed by atoms with Gasteiger partial charge in [-0.15, -0.1) is 0 Å². The summed E-state index contributed by atoms with van der Waals surface area (Å²) in [6.45, 7) is 4.93. The predicted molar refractivity (Wildman–Crippen MR) is 82.4 cm³/mol. The summed E-state index contributed by atoms with van der Waals surface area (Å²) < 4.78 is 0. The van der Waals surface area contributed by atoms with E-state index < -0.39 is 0 Å². The maximum absolute atomic E-state index is 12.8. The van der Waals surface area contributed by atoms with Crippen molar-refractivity contribution in [1.82, 2.24) is 14.9 Å². The monoisotopic (exact) mass is 288 g/mol. The Morgan fingerprint density at radius 1 is 1.33 bits per heavy atom. The summed E-state index contributed by atoms with van der Waals surface area (Å²) in [6, 6.07) is 2.66. The highest BCUT2D eigenvalue weighted by Gasteiger charge is 2.28. The van der Waals surface area contributed by atoms with Crippen LogP contribution in [-0.2, 0) is 0 Å². The van der Waals surface area contributed by atoms with Crippen LogP contribution in [0.2, 0.25) is 0 Å². The quantitative estimate of drug-likeness (QED) is 0.925. The van der Waals surface area contributed by atoms with Crippen molar-refractivity contribution in [2.24, 2.45) is 0 Å². The van der Waals surface area contributed by atoms with Gasteiger partial charge in [0.1, 0.15) is 5.69 Å². The van der Waals surface area contributed by atoms with Gasteiger partial charge in [0.05, 0.1) is 0 Å². The van der Waals surface area contributed by atoms with Crippen LogP contribution in [-0.4, -0.2) is 39.4 Å². The Bertz CT molecular complexity index is 527. The van der Waals surface area contributed by atoms with Crippen LogP contribution in [0.4, 0.5) is 5.95 Å². The van der Waals surface area contributed by atoms with Gasteiger partial charge in [-0.05, 0) is 51.5 Å². The zero-order valence-electron chi connectivity index (χ0n) is 12.9. The van der Waals surface area contributed by atoms with E-state index in [1.807, 2.05) is 17.9 Å². The Morgan fingerprint density at radius 2 is 2.14 bits per heavy atom. The number of nitrogens with zero attached hydrogens (tertiary/aromatic N) is 3. The summed E-state index contributed by atoms with van der Waals surface area (Å²) in [5.41, 5.74) is 1.38. The summed E-state index contributed by atoms with van der Waals surface area (Å²) in [5.74, 6) is 0.664. The highest BCUT2D eigenvalue weighted by atomic mass is 16.2. The van der Waals surface area contributed by atoms with Crippen molar-refractivity contribution in [1.29, 1.82) is 0 Å². The van der Waals surface area contributed by atoms with Crippen LogP contribution in [0.25, 0.3) is 0 Å². The number of piperidine rings is 1. The van der Waals surface area contributed by atoms with E-state index >= 15 is 0 Å². The molecule has 1 saturated carbocycles. The summed E-state index contributed by atoms with van der Waals surface area (Å²) >= 11 is 0. The van der Waals surface area contributed by atoms with Crippen molar-refractivity contribution in [3.8, 4) is 0 Å². The van der Waals surface area contributed by atoms with Crippen molar-refractivity contribution in [2.75, 3.05) is 11.9 Å². The van der Waals surface area contributed by atoms with Gasteiger partial charge in [0, 0.05) is 24.3 Å². The summed E-state index contributed by atoms with van der Waals surface area (Å²) in [6.07, 6.45) is 6.79. The van der Waals surface area contributed by atoms with Gasteiger partial charge in [-0.25, -0.2) is 9.97 Å². The molecule has 21 heavy (non-hydrogen) atoms. The van der Waals surface area contributed by atoms with E-state index in [2.05, 4.69) is 22.2 Å². The van der Waals surface area contributed by atoms with E-state index in [4.69, 9.17) is 0 Å². The van der Waals surface area contributed by atoms with Crippen LogP contribution in [0.15, 0.2) is 6.07 Å². The number of carbonyl (C=O) groups excluding carboxylic acids is 1. The Hall–Kier alpha value is -1.65. The van der Waals surface area contributed by atoms with Crippen LogP contribution >= 0.6 is 0 Å². The molecule has 2 fully saturated rings. The van der Waals surface area contributed by atoms with E-state index in [1.54, 1.807) is 0 Å². The molecule has 0 bridgehead atoms. The third kappa shape index (κ3) is 3.34. The van der Waals surface area contributed by atoms with E-state index in [9.17, 15) is 4.79 Å². The Kier molecular flexibility index (Phi) is 4.08. The fraction of sp³-hybridized carbons (Fsp3) is 0.688. The fourth-order valence-electron chi connectivity index (χ4n) is 2.99. The number of hydrogen-bond acceptors (Lipinski definition) is 4. The van der Waals surface area contributed by atoms with Crippen LogP contribution in [0.5, 0.6) is 0 Å². The lowest BCUT2D eigenvalue weighted by Crippen LogP contribution is -2.43. The van der Waals surface area contributed by atoms with Gasteiger partial charge in [-0.1, -0.05) is 6.92 Å². The van der Waals surface area contributed by atoms with Gasteiger partial charge in [0.25, 0.3) is 5.91 Å². The number of aryl methyl sites for hydroxylation is 1. The maximum atomic E-state index is 12.8. The standard InChI is InChI=1S/C16H24N4O/c1-3-13-6-4-5-9-20(13)15(21)14-10-11(2)17-16(19-14)18-12-7-8-12/h10,12-13H,3-9H2,1-2H3,(H,17,18,19). The first-order chi connectivity index (χ1) is 10.2. The number of nitrogens with one attached hydrogen (secondary N) is 1. The molecule has 1 aliphatic carbocycles. The van der Waals surface area contributed by atoms with Gasteiger partial charge < -0.3 is 10.2 Å². The molecule has 2 aliphatic rings. The maximum Gasteiger partial charge on any atom is 0.272 e. The molecule has 1 atom stereocenters. The number of amides is 1. The Balaban J connectivity index is 1.80. The largest absolute Gasteiger partial charge is 0.351 e. The van der Waals surface area contributed by atoms with Crippen molar-refractivity contribution in [3.05, 3.63) is 17.5 Å². The van der Waals surface area contributed by atoms with Gasteiger partial charge in [0.15, 0.2) is 0 Å². The molecule has 0 radical (unpaired) electrons. The van der Waals surface area contributed by atoms with Crippen LogP contribution in [0, 0.1) is 6.92 Å². The molecule has 2 heterocycles. The van der Waals surface area contributed by atoms with Crippen molar-refractivity contribution in [2.45, 2.75) is 64.5 Å². The van der Waals surface area contributed by atoms with Crippen LogP contribution in [0.3, 0.4) is 0 Å². The Labute approximate surface area is 126 Å². The smallest absolute Gasteiger partial charge is 0.272 e. The molecule has 5 nitrogen and oxygen atoms in total. The van der Waals surface area contributed by atoms with Crippen molar-refractivity contribution < 1.29 is 4.79 Å². The first kappa shape index (κ1) is 14.3. The summed E-state index contributed by atoms with van der Waals surface area (Å²) in [4.78, 5) is 23.6. The third-order valence-corrected chi connectivity index (χ3v) is 4.34. The minimum Gasteiger partial charge on any atom is -0.351 e. The van der Waals surface area contributed by atoms with Gasteiger partial charge >= 0.3 is 0 Å². The molecule has 114 valence electrons. The first-order valence-corrected chi connectivity index (χ1v) is 8.10. The van der Waals surface area contributed by atoms with E-state index in [1.165, 1.54) is 19.3 Å². The lowest BCUT2D eigenvalue weighted by Gasteiger charge is -2.35. The third-order valence-electron chi connectivity index (χ3n) is 4.34. The molecule has 1 amide bonds. The molecule has 5 heteroatoms. The molecule has 0 aromatic carbocycles. The first-order valence-electron chi connectivity index (χ1n) is 8.10. The predicted octanol–water partition coefficient (Wildman–Crippen LogP) is 2.76. The van der Waals surface area contributed by atoms with Crippen LogP contribution in [0.1, 0.15) is 61.6 Å². The average Bonchev–Trinajstić information content (AvgIpc) is 3.29. The molecule has 1 unspecified atom stereocenters. The molecule has 1 aromatic heterocycles. The number of likely N-dealkylation sites (tertiary alicyclic amines) is 1. The molecule has 3 rings (SSSR count). The zero-order valence-corrected chi connectivity index (χ0v) is 12.9. The number of hydrogen-bond donors (Lipinski definition) is 1. The van der Waals surface area contributed by atoms with Crippen molar-refractivity contribution in [3.63, 3.8) is 0 Å². The zero-order chi connectivity index (χ0) is 14.8. The van der Waals surface area contributed by atoms with Gasteiger partial charge in [-0.2, -0.15) is 0 Å². The lowest BCUT2D eigenvalue weighted by atomic mass is 9.99. The van der Waals surface area contributed by atoms with E-state index in [0.29, 0.717) is 23.7 Å². The normalized spacial score (nSPS) is 22.2. The number of anilines is 1. The SMILES string of the molecule is CCC1CCCCN1C(=O)c1cc(C)nc(NC2CC2)n1. The van der Waals surface area contributed by atoms with Crippen LogP contribution < -0.4 is 5.32 Å². The number of aromatic nitrogens is 2. The van der Waals surface area contributed by atoms with E-state index in [0.717, 1.165) is 31.5 Å². The van der Waals surface area contributed by atoms with E-state index in [-0.39, 0.29) is 5.91 Å². The average molecular weight is 288 g/mol. The van der Waals surface area contributed by atoms with Gasteiger partial charge in [-0.3, -0.25) is 4.79 Å². The summed E-state index contributed by atoms with van der Waals surface area (Å²) in [7, 11) is 0. The molecule has 0 spiro atoms. The second-order valence-electron chi connectivity index (χ2n) is 6.19. The van der Waals surface area contributed by atoms with Gasteiger partial charge in [0.2, 0.25) is 5.95 Å². The Morgan fingerprint density at radius 3 is 2.86 bits per heavy atom. The molecule has 1 N–H and O–H groups in total. The second kappa shape index (κ2) is 6.00. The molecule has 1 aliphatic heterocycles. The summed E-state index contributed by atoms with van der Waals surface area (Å²) in [5, 5.41) is 3.29. The lowest BCUT2D eigenvalue weighted by molar-refractivity contribution is 0.0601. The highest BCUT2D eigenvalue weighted by molar-refractivity contribution is 5.93. The molecular weight excluding hydrogens is 264 g/mol. The fourth-order valence-corrected chi connectivity index (χ4v) is 2.99. The minimum atomic E-state index is 0.0610. The number of rotatable bonds is 4. The molecule has 1 saturated heterocycles. The minimum absolute atomic E-state index is 0.0610. The second-order valence-corrected chi connectivity index (χ2v) is 6.19. The highest BCUT2D eigenvalue weighted by Crippen LogP contribution is 2.24. The number of carbonyl (C=O) groups is 1.